The Labute approximate surface area is 201 Å². The molecule has 0 spiro atoms. The molecule has 35 heavy (non-hydrogen) atoms. The van der Waals surface area contributed by atoms with Gasteiger partial charge in [0.25, 0.3) is 5.91 Å². The van der Waals surface area contributed by atoms with Crippen molar-refractivity contribution in [3.8, 4) is 0 Å². The predicted octanol–water partition coefficient (Wildman–Crippen LogP) is 4.24. The van der Waals surface area contributed by atoms with Gasteiger partial charge in [-0.3, -0.25) is 19.3 Å². The van der Waals surface area contributed by atoms with Gasteiger partial charge in [-0.15, -0.1) is 0 Å². The first kappa shape index (κ1) is 23.8. The number of benzene rings is 3. The Bertz CT molecular complexity index is 1280. The summed E-state index contributed by atoms with van der Waals surface area (Å²) >= 11 is 0. The van der Waals surface area contributed by atoms with Crippen LogP contribution in [0.4, 0.5) is 14.9 Å². The largest absolute Gasteiger partial charge is 0.325 e. The average Bonchev–Trinajstić information content (AvgIpc) is 3.13. The second kappa shape index (κ2) is 9.89. The van der Waals surface area contributed by atoms with Crippen molar-refractivity contribution in [3.63, 3.8) is 0 Å². The fraction of sp³-hybridized carbons (Fsp3) is 0.185. The van der Waals surface area contributed by atoms with Crippen LogP contribution in [0.3, 0.4) is 0 Å². The monoisotopic (exact) mass is 473 g/mol. The van der Waals surface area contributed by atoms with Gasteiger partial charge in [0.2, 0.25) is 5.91 Å². The van der Waals surface area contributed by atoms with Gasteiger partial charge >= 0.3 is 6.03 Å². The van der Waals surface area contributed by atoms with Crippen LogP contribution in [0.1, 0.15) is 41.3 Å². The number of ketones is 1. The molecule has 0 aliphatic carbocycles. The zero-order valence-electron chi connectivity index (χ0n) is 19.1. The highest BCUT2D eigenvalue weighted by Crippen LogP contribution is 2.32. The molecule has 1 aliphatic heterocycles. The molecule has 4 amide bonds. The Morgan fingerprint density at radius 2 is 1.60 bits per heavy atom. The number of hydrogen-bond donors (Lipinski definition) is 2. The molecule has 0 saturated carbocycles. The number of halogens is 1. The van der Waals surface area contributed by atoms with Crippen LogP contribution in [-0.4, -0.2) is 35.1 Å². The zero-order chi connectivity index (χ0) is 25.0. The van der Waals surface area contributed by atoms with Crippen LogP contribution >= 0.6 is 0 Å². The third-order valence-corrected chi connectivity index (χ3v) is 6.09. The van der Waals surface area contributed by atoms with E-state index in [1.165, 1.54) is 24.3 Å². The summed E-state index contributed by atoms with van der Waals surface area (Å²) in [6, 6.07) is 20.2. The van der Waals surface area contributed by atoms with Crippen molar-refractivity contribution in [2.24, 2.45) is 0 Å². The molecule has 2 N–H and O–H groups in total. The van der Waals surface area contributed by atoms with Gasteiger partial charge in [0.05, 0.1) is 5.69 Å². The Hall–Kier alpha value is -4.33. The van der Waals surface area contributed by atoms with Crippen molar-refractivity contribution >= 4 is 29.3 Å². The van der Waals surface area contributed by atoms with Gasteiger partial charge in [-0.05, 0) is 36.2 Å². The number of hydrogen-bond acceptors (Lipinski definition) is 4. The Balaban J connectivity index is 1.45. The van der Waals surface area contributed by atoms with Gasteiger partial charge in [-0.25, -0.2) is 9.18 Å². The van der Waals surface area contributed by atoms with Crippen molar-refractivity contribution in [1.82, 2.24) is 10.2 Å². The lowest BCUT2D eigenvalue weighted by Gasteiger charge is -2.25. The number of amides is 4. The SMILES string of the molecule is CC[C@]1(c2ccc(F)cc2)NC(=O)N(CCC(=O)Nc2ccccc2C(=O)c2ccccc2)C1=O. The third-order valence-electron chi connectivity index (χ3n) is 6.09. The normalized spacial score (nSPS) is 17.3. The predicted molar refractivity (Wildman–Crippen MR) is 128 cm³/mol. The Kier molecular flexibility index (Phi) is 6.73. The maximum atomic E-state index is 13.4. The highest BCUT2D eigenvalue weighted by atomic mass is 19.1. The van der Waals surface area contributed by atoms with E-state index in [0.29, 0.717) is 22.4 Å². The number of anilines is 1. The van der Waals surface area contributed by atoms with Crippen molar-refractivity contribution in [2.45, 2.75) is 25.3 Å². The van der Waals surface area contributed by atoms with E-state index in [1.54, 1.807) is 55.5 Å². The van der Waals surface area contributed by atoms with Gasteiger partial charge in [0, 0.05) is 24.1 Å². The summed E-state index contributed by atoms with van der Waals surface area (Å²) in [6.45, 7) is 1.60. The average molecular weight is 474 g/mol. The van der Waals surface area contributed by atoms with E-state index >= 15 is 0 Å². The molecule has 0 aromatic heterocycles. The van der Waals surface area contributed by atoms with Crippen molar-refractivity contribution in [3.05, 3.63) is 101 Å². The van der Waals surface area contributed by atoms with Crippen LogP contribution in [0.15, 0.2) is 78.9 Å². The molecule has 1 aliphatic rings. The smallest absolute Gasteiger partial charge is 0.325 e. The molecule has 7 nitrogen and oxygen atoms in total. The maximum absolute atomic E-state index is 13.4. The quantitative estimate of drug-likeness (QED) is 0.378. The number of rotatable bonds is 8. The Morgan fingerprint density at radius 3 is 2.29 bits per heavy atom. The molecule has 1 saturated heterocycles. The number of nitrogens with zero attached hydrogens (tertiary/aromatic N) is 1. The van der Waals surface area contributed by atoms with Crippen LogP contribution in [0.2, 0.25) is 0 Å². The summed E-state index contributed by atoms with van der Waals surface area (Å²) in [5, 5.41) is 5.42. The summed E-state index contributed by atoms with van der Waals surface area (Å²) in [5.41, 5.74) is 0.335. The lowest BCUT2D eigenvalue weighted by molar-refractivity contribution is -0.132. The minimum atomic E-state index is -1.31. The lowest BCUT2D eigenvalue weighted by Crippen LogP contribution is -2.43. The first-order valence-corrected chi connectivity index (χ1v) is 11.2. The van der Waals surface area contributed by atoms with Crippen LogP contribution in [0, 0.1) is 5.82 Å². The van der Waals surface area contributed by atoms with E-state index in [2.05, 4.69) is 10.6 Å². The molecule has 1 fully saturated rings. The molecule has 0 radical (unpaired) electrons. The summed E-state index contributed by atoms with van der Waals surface area (Å²) in [6.07, 6.45) is 0.108. The van der Waals surface area contributed by atoms with Crippen LogP contribution in [0.25, 0.3) is 0 Å². The van der Waals surface area contributed by atoms with E-state index in [4.69, 9.17) is 0 Å². The number of para-hydroxylation sites is 1. The molecule has 1 heterocycles. The fourth-order valence-electron chi connectivity index (χ4n) is 4.16. The van der Waals surface area contributed by atoms with Gasteiger partial charge in [0.1, 0.15) is 11.4 Å². The molecule has 3 aromatic carbocycles. The van der Waals surface area contributed by atoms with Gasteiger partial charge in [-0.2, -0.15) is 0 Å². The molecule has 1 atom stereocenters. The minimum absolute atomic E-state index is 0.145. The second-order valence-electron chi connectivity index (χ2n) is 8.19. The third kappa shape index (κ3) is 4.68. The maximum Gasteiger partial charge on any atom is 0.325 e. The number of nitrogens with one attached hydrogen (secondary N) is 2. The number of carbonyl (C=O) groups is 4. The van der Waals surface area contributed by atoms with Crippen LogP contribution in [-0.2, 0) is 15.1 Å². The minimum Gasteiger partial charge on any atom is -0.325 e. The van der Waals surface area contributed by atoms with Crippen LogP contribution in [0.5, 0.6) is 0 Å². The molecule has 0 bridgehead atoms. The number of urea groups is 1. The van der Waals surface area contributed by atoms with Gasteiger partial charge < -0.3 is 10.6 Å². The molecular formula is C27H24FN3O4. The van der Waals surface area contributed by atoms with E-state index in [-0.39, 0.29) is 25.2 Å². The van der Waals surface area contributed by atoms with E-state index in [1.807, 2.05) is 6.07 Å². The standard InChI is InChI=1S/C27H24FN3O4/c1-2-27(19-12-14-20(28)15-13-19)25(34)31(26(35)30-27)17-16-23(32)29-22-11-7-6-10-21(22)24(33)18-8-4-3-5-9-18/h3-15H,2,16-17H2,1H3,(H,29,32)(H,30,35)/t27-/m1/s1. The molecule has 3 aromatic rings. The van der Waals surface area contributed by atoms with E-state index in [0.717, 1.165) is 4.90 Å². The number of carbonyl (C=O) groups excluding carboxylic acids is 4. The van der Waals surface area contributed by atoms with Crippen molar-refractivity contribution in [2.75, 3.05) is 11.9 Å². The molecule has 0 unspecified atom stereocenters. The molecular weight excluding hydrogens is 449 g/mol. The molecule has 4 rings (SSSR count). The first-order valence-electron chi connectivity index (χ1n) is 11.2. The second-order valence-corrected chi connectivity index (χ2v) is 8.19. The first-order chi connectivity index (χ1) is 16.9. The summed E-state index contributed by atoms with van der Waals surface area (Å²) in [5.74, 6) is -1.63. The van der Waals surface area contributed by atoms with Crippen molar-refractivity contribution < 1.29 is 23.6 Å². The summed E-state index contributed by atoms with van der Waals surface area (Å²) < 4.78 is 13.4. The highest BCUT2D eigenvalue weighted by molar-refractivity contribution is 6.14. The van der Waals surface area contributed by atoms with E-state index < -0.39 is 29.2 Å². The molecule has 178 valence electrons. The van der Waals surface area contributed by atoms with E-state index in [9.17, 15) is 23.6 Å². The highest BCUT2D eigenvalue weighted by Gasteiger charge is 2.51. The number of imide groups is 1. The van der Waals surface area contributed by atoms with Gasteiger partial charge in [0.15, 0.2) is 5.78 Å². The summed E-state index contributed by atoms with van der Waals surface area (Å²) in [7, 11) is 0. The van der Waals surface area contributed by atoms with Gasteiger partial charge in [-0.1, -0.05) is 61.5 Å². The lowest BCUT2D eigenvalue weighted by atomic mass is 9.87. The summed E-state index contributed by atoms with van der Waals surface area (Å²) in [4.78, 5) is 52.4. The zero-order valence-corrected chi connectivity index (χ0v) is 19.1. The Morgan fingerprint density at radius 1 is 0.943 bits per heavy atom. The topological polar surface area (TPSA) is 95.6 Å². The fourth-order valence-corrected chi connectivity index (χ4v) is 4.16. The van der Waals surface area contributed by atoms with Crippen molar-refractivity contribution in [1.29, 1.82) is 0 Å². The molecule has 8 heteroatoms. The van der Waals surface area contributed by atoms with Crippen LogP contribution < -0.4 is 10.6 Å².